The third-order valence-electron chi connectivity index (χ3n) is 4.88. The van der Waals surface area contributed by atoms with Gasteiger partial charge in [-0.05, 0) is 38.3 Å². The zero-order valence-electron chi connectivity index (χ0n) is 16.1. The van der Waals surface area contributed by atoms with Gasteiger partial charge in [0.15, 0.2) is 9.84 Å². The Balaban J connectivity index is 1.42. The minimum atomic E-state index is -3.47. The Kier molecular flexibility index (Phi) is 6.33. The van der Waals surface area contributed by atoms with E-state index in [-0.39, 0.29) is 28.7 Å². The second-order valence-electron chi connectivity index (χ2n) is 7.12. The number of fused-ring (bicyclic) bond motifs is 1. The van der Waals surface area contributed by atoms with Crippen molar-refractivity contribution >= 4 is 15.7 Å². The SMILES string of the molecule is Cc1ccc(S(=O)(=O)CCC(=O)NCCCn2nc3n(c2=O)CCCC3)cc1. The number of nitrogens with zero attached hydrogens (tertiary/aromatic N) is 3. The van der Waals surface area contributed by atoms with Crippen molar-refractivity contribution in [3.8, 4) is 0 Å². The fourth-order valence-corrected chi connectivity index (χ4v) is 4.47. The predicted octanol–water partition coefficient (Wildman–Crippen LogP) is 1.06. The van der Waals surface area contributed by atoms with Gasteiger partial charge in [-0.3, -0.25) is 9.36 Å². The van der Waals surface area contributed by atoms with Crippen molar-refractivity contribution in [1.82, 2.24) is 19.7 Å². The van der Waals surface area contributed by atoms with E-state index in [1.54, 1.807) is 28.8 Å². The lowest BCUT2D eigenvalue weighted by molar-refractivity contribution is -0.120. The second-order valence-corrected chi connectivity index (χ2v) is 9.23. The first-order valence-corrected chi connectivity index (χ1v) is 11.2. The molecule has 0 bridgehead atoms. The van der Waals surface area contributed by atoms with Crippen LogP contribution in [-0.4, -0.2) is 41.0 Å². The van der Waals surface area contributed by atoms with Crippen LogP contribution in [0.4, 0.5) is 0 Å². The lowest BCUT2D eigenvalue weighted by Gasteiger charge is -2.09. The van der Waals surface area contributed by atoms with E-state index in [4.69, 9.17) is 0 Å². The smallest absolute Gasteiger partial charge is 0.345 e. The summed E-state index contributed by atoms with van der Waals surface area (Å²) in [6.45, 7) is 3.41. The fraction of sp³-hybridized carbons (Fsp3) is 0.526. The highest BCUT2D eigenvalue weighted by atomic mass is 32.2. The molecule has 9 heteroatoms. The summed E-state index contributed by atoms with van der Waals surface area (Å²) in [5.41, 5.74) is 0.889. The van der Waals surface area contributed by atoms with Crippen molar-refractivity contribution in [2.24, 2.45) is 0 Å². The van der Waals surface area contributed by atoms with Gasteiger partial charge in [0.2, 0.25) is 5.91 Å². The lowest BCUT2D eigenvalue weighted by Crippen LogP contribution is -2.30. The van der Waals surface area contributed by atoms with Crippen molar-refractivity contribution in [3.05, 3.63) is 46.1 Å². The third-order valence-corrected chi connectivity index (χ3v) is 6.61. The molecule has 0 spiro atoms. The van der Waals surface area contributed by atoms with E-state index >= 15 is 0 Å². The first kappa shape index (κ1) is 20.3. The van der Waals surface area contributed by atoms with Crippen LogP contribution < -0.4 is 11.0 Å². The maximum atomic E-state index is 12.3. The summed E-state index contributed by atoms with van der Waals surface area (Å²) in [6, 6.07) is 6.60. The van der Waals surface area contributed by atoms with Crippen molar-refractivity contribution in [1.29, 1.82) is 0 Å². The molecule has 8 nitrogen and oxygen atoms in total. The van der Waals surface area contributed by atoms with E-state index in [1.165, 1.54) is 4.68 Å². The minimum Gasteiger partial charge on any atom is -0.356 e. The summed E-state index contributed by atoms with van der Waals surface area (Å²) in [7, 11) is -3.47. The zero-order valence-corrected chi connectivity index (χ0v) is 16.9. The van der Waals surface area contributed by atoms with Crippen LogP contribution in [0.25, 0.3) is 0 Å². The highest BCUT2D eigenvalue weighted by molar-refractivity contribution is 7.91. The maximum Gasteiger partial charge on any atom is 0.345 e. The molecule has 1 aromatic heterocycles. The zero-order chi connectivity index (χ0) is 20.1. The molecule has 0 saturated heterocycles. The number of amides is 1. The third kappa shape index (κ3) is 4.89. The van der Waals surface area contributed by atoms with Crippen molar-refractivity contribution in [2.75, 3.05) is 12.3 Å². The normalized spacial score (nSPS) is 13.9. The van der Waals surface area contributed by atoms with Gasteiger partial charge in [0, 0.05) is 32.5 Å². The summed E-state index contributed by atoms with van der Waals surface area (Å²) in [4.78, 5) is 24.4. The van der Waals surface area contributed by atoms with Gasteiger partial charge in [-0.1, -0.05) is 17.7 Å². The van der Waals surface area contributed by atoms with Gasteiger partial charge in [-0.15, -0.1) is 0 Å². The molecule has 0 atom stereocenters. The molecule has 0 saturated carbocycles. The van der Waals surface area contributed by atoms with Crippen LogP contribution in [0.3, 0.4) is 0 Å². The van der Waals surface area contributed by atoms with E-state index < -0.39 is 9.84 Å². The molecule has 1 aromatic carbocycles. The van der Waals surface area contributed by atoms with Crippen LogP contribution in [0.15, 0.2) is 34.0 Å². The standard InChI is InChI=1S/C19H26N4O4S/c1-15-6-8-16(9-7-15)28(26,27)14-10-18(24)20-11-4-13-23-19(25)22-12-3-2-5-17(22)21-23/h6-9H,2-5,10-14H2,1H3,(H,20,24). The number of sulfone groups is 1. The van der Waals surface area contributed by atoms with Crippen LogP contribution in [0.5, 0.6) is 0 Å². The molecule has 1 aliphatic heterocycles. The number of nitrogens with one attached hydrogen (secondary N) is 1. The molecule has 152 valence electrons. The molecule has 28 heavy (non-hydrogen) atoms. The number of rotatable bonds is 8. The van der Waals surface area contributed by atoms with E-state index in [9.17, 15) is 18.0 Å². The topological polar surface area (TPSA) is 103 Å². The molecule has 0 unspecified atom stereocenters. The van der Waals surface area contributed by atoms with Gasteiger partial charge in [-0.2, -0.15) is 5.10 Å². The number of carbonyl (C=O) groups excluding carboxylic acids is 1. The van der Waals surface area contributed by atoms with Crippen LogP contribution >= 0.6 is 0 Å². The summed E-state index contributed by atoms with van der Waals surface area (Å²) in [6.07, 6.45) is 3.36. The quantitative estimate of drug-likeness (QED) is 0.661. The molecular formula is C19H26N4O4S. The Labute approximate surface area is 164 Å². The Morgan fingerprint density at radius 2 is 1.96 bits per heavy atom. The Bertz CT molecular complexity index is 990. The lowest BCUT2D eigenvalue weighted by atomic mass is 10.2. The number of aryl methyl sites for hydroxylation is 3. The summed E-state index contributed by atoms with van der Waals surface area (Å²) < 4.78 is 27.7. The highest BCUT2D eigenvalue weighted by Crippen LogP contribution is 2.13. The summed E-state index contributed by atoms with van der Waals surface area (Å²) >= 11 is 0. The molecule has 2 heterocycles. The van der Waals surface area contributed by atoms with E-state index in [0.29, 0.717) is 19.5 Å². The summed E-state index contributed by atoms with van der Waals surface area (Å²) in [5.74, 6) is 0.295. The molecule has 0 radical (unpaired) electrons. The first-order chi connectivity index (χ1) is 13.4. The molecule has 0 fully saturated rings. The van der Waals surface area contributed by atoms with Gasteiger partial charge >= 0.3 is 5.69 Å². The van der Waals surface area contributed by atoms with Crippen LogP contribution in [0.2, 0.25) is 0 Å². The Morgan fingerprint density at radius 3 is 2.68 bits per heavy atom. The Morgan fingerprint density at radius 1 is 1.21 bits per heavy atom. The van der Waals surface area contributed by atoms with E-state index in [0.717, 1.165) is 37.2 Å². The van der Waals surface area contributed by atoms with Crippen LogP contribution in [-0.2, 0) is 34.1 Å². The molecule has 1 amide bonds. The average molecular weight is 407 g/mol. The molecule has 1 aliphatic rings. The van der Waals surface area contributed by atoms with Crippen molar-refractivity contribution in [3.63, 3.8) is 0 Å². The number of aromatic nitrogens is 3. The average Bonchev–Trinajstić information content (AvgIpc) is 3.00. The monoisotopic (exact) mass is 406 g/mol. The number of carbonyl (C=O) groups is 1. The van der Waals surface area contributed by atoms with Crippen molar-refractivity contribution in [2.45, 2.75) is 57.0 Å². The van der Waals surface area contributed by atoms with Gasteiger partial charge in [-0.25, -0.2) is 17.9 Å². The van der Waals surface area contributed by atoms with Gasteiger partial charge in [0.05, 0.1) is 10.6 Å². The molecule has 2 aromatic rings. The van der Waals surface area contributed by atoms with Gasteiger partial charge in [0.1, 0.15) is 5.82 Å². The van der Waals surface area contributed by atoms with Gasteiger partial charge < -0.3 is 5.32 Å². The van der Waals surface area contributed by atoms with Gasteiger partial charge in [0.25, 0.3) is 0 Å². The number of hydrogen-bond acceptors (Lipinski definition) is 5. The van der Waals surface area contributed by atoms with E-state index in [2.05, 4.69) is 10.4 Å². The van der Waals surface area contributed by atoms with Crippen LogP contribution in [0.1, 0.15) is 37.1 Å². The maximum absolute atomic E-state index is 12.3. The van der Waals surface area contributed by atoms with Crippen LogP contribution in [0, 0.1) is 6.92 Å². The fourth-order valence-electron chi connectivity index (χ4n) is 3.23. The number of hydrogen-bond donors (Lipinski definition) is 1. The molecule has 3 rings (SSSR count). The molecular weight excluding hydrogens is 380 g/mol. The molecule has 1 N–H and O–H groups in total. The second kappa shape index (κ2) is 8.72. The summed E-state index contributed by atoms with van der Waals surface area (Å²) in [5, 5.41) is 7.06. The number of benzene rings is 1. The highest BCUT2D eigenvalue weighted by Gasteiger charge is 2.17. The predicted molar refractivity (Wildman–Crippen MR) is 105 cm³/mol. The Hall–Kier alpha value is -2.42. The molecule has 0 aliphatic carbocycles. The van der Waals surface area contributed by atoms with Crippen molar-refractivity contribution < 1.29 is 13.2 Å². The minimum absolute atomic E-state index is 0.0884. The first-order valence-electron chi connectivity index (χ1n) is 9.59. The van der Waals surface area contributed by atoms with E-state index in [1.807, 2.05) is 6.92 Å². The largest absolute Gasteiger partial charge is 0.356 e.